The molecule has 1 spiro atoms. The van der Waals surface area contributed by atoms with E-state index in [9.17, 15) is 36.0 Å². The van der Waals surface area contributed by atoms with Gasteiger partial charge in [0.05, 0.1) is 29.0 Å². The van der Waals surface area contributed by atoms with Crippen molar-refractivity contribution in [1.29, 1.82) is 0 Å². The number of sulfone groups is 1. The van der Waals surface area contributed by atoms with Gasteiger partial charge >= 0.3 is 11.5 Å². The van der Waals surface area contributed by atoms with Crippen LogP contribution in [0.2, 0.25) is 0 Å². The van der Waals surface area contributed by atoms with Crippen LogP contribution in [0.25, 0.3) is 0 Å². The van der Waals surface area contributed by atoms with Crippen molar-refractivity contribution in [2.75, 3.05) is 10.2 Å². The van der Waals surface area contributed by atoms with Crippen molar-refractivity contribution in [3.63, 3.8) is 0 Å². The maximum absolute atomic E-state index is 13.4. The highest BCUT2D eigenvalue weighted by Crippen LogP contribution is 2.50. The fourth-order valence-electron chi connectivity index (χ4n) is 4.30. The highest BCUT2D eigenvalue weighted by molar-refractivity contribution is 7.92. The summed E-state index contributed by atoms with van der Waals surface area (Å²) in [5.41, 5.74) is -5.39. The third kappa shape index (κ3) is 4.18. The van der Waals surface area contributed by atoms with Gasteiger partial charge in [-0.2, -0.15) is 13.2 Å². The maximum atomic E-state index is 13.4. The lowest BCUT2D eigenvalue weighted by Gasteiger charge is -2.22. The summed E-state index contributed by atoms with van der Waals surface area (Å²) in [6.45, 7) is -0.0471. The average molecular weight is 545 g/mol. The highest BCUT2D eigenvalue weighted by atomic mass is 32.2. The molecule has 3 aromatic rings. The molecule has 1 saturated heterocycles. The number of amides is 4. The Bertz CT molecular complexity index is 1540. The Morgan fingerprint density at radius 2 is 1.66 bits per heavy atom. The fourth-order valence-corrected chi connectivity index (χ4v) is 5.06. The minimum absolute atomic E-state index is 0.0471. The Morgan fingerprint density at radius 3 is 2.26 bits per heavy atom. The average Bonchev–Trinajstić information content (AvgIpc) is 3.67. The number of nitrogens with one attached hydrogen (secondary N) is 1. The van der Waals surface area contributed by atoms with Crippen molar-refractivity contribution in [1.82, 2.24) is 9.88 Å². The van der Waals surface area contributed by atoms with Gasteiger partial charge in [-0.1, -0.05) is 18.2 Å². The number of halogens is 3. The van der Waals surface area contributed by atoms with Crippen LogP contribution in [0.15, 0.2) is 78.0 Å². The number of aromatic nitrogens is 1. The quantitative estimate of drug-likeness (QED) is 0.467. The Balaban J connectivity index is 1.40. The zero-order valence-corrected chi connectivity index (χ0v) is 20.3. The summed E-state index contributed by atoms with van der Waals surface area (Å²) in [7, 11) is -5.58. The number of pyridine rings is 1. The van der Waals surface area contributed by atoms with Gasteiger partial charge in [0.2, 0.25) is 0 Å². The zero-order valence-electron chi connectivity index (χ0n) is 19.5. The molecule has 2 heterocycles. The molecule has 196 valence electrons. The minimum Gasteiger partial charge on any atom is -0.320 e. The molecule has 2 aliphatic rings. The van der Waals surface area contributed by atoms with Crippen LogP contribution in [0, 0.1) is 0 Å². The van der Waals surface area contributed by atoms with E-state index in [4.69, 9.17) is 0 Å². The second-order valence-electron chi connectivity index (χ2n) is 8.84. The minimum atomic E-state index is -5.58. The van der Waals surface area contributed by atoms with Crippen LogP contribution in [0.5, 0.6) is 0 Å². The molecule has 9 nitrogen and oxygen atoms in total. The van der Waals surface area contributed by atoms with Gasteiger partial charge in [0.25, 0.3) is 21.7 Å². The molecule has 13 heteroatoms. The zero-order chi connectivity index (χ0) is 27.3. The van der Waals surface area contributed by atoms with Gasteiger partial charge in [-0.3, -0.25) is 14.6 Å². The summed E-state index contributed by atoms with van der Waals surface area (Å²) >= 11 is 0. The SMILES string of the molecule is O=C(Nc1cnccc1CN1C(=O)N(c2ccc(S(=O)(=O)C(F)(F)F)cc2)C(=O)C12CC2)c1ccccc1. The summed E-state index contributed by atoms with van der Waals surface area (Å²) in [4.78, 5) is 44.6. The van der Waals surface area contributed by atoms with Crippen molar-refractivity contribution in [2.24, 2.45) is 0 Å². The molecule has 1 aliphatic carbocycles. The van der Waals surface area contributed by atoms with Crippen LogP contribution in [0.3, 0.4) is 0 Å². The molecule has 0 bridgehead atoms. The normalized spacial score (nSPS) is 16.7. The van der Waals surface area contributed by atoms with Gasteiger partial charge in [-0.15, -0.1) is 0 Å². The Morgan fingerprint density at radius 1 is 1.00 bits per heavy atom. The Kier molecular flexibility index (Phi) is 5.97. The predicted molar refractivity (Wildman–Crippen MR) is 129 cm³/mol. The Labute approximate surface area is 214 Å². The monoisotopic (exact) mass is 544 g/mol. The van der Waals surface area contributed by atoms with Crippen LogP contribution >= 0.6 is 0 Å². The van der Waals surface area contributed by atoms with Crippen molar-refractivity contribution in [2.45, 2.75) is 35.3 Å². The van der Waals surface area contributed by atoms with E-state index < -0.39 is 37.7 Å². The first-order valence-electron chi connectivity index (χ1n) is 11.3. The van der Waals surface area contributed by atoms with E-state index in [2.05, 4.69) is 10.3 Å². The molecule has 1 saturated carbocycles. The van der Waals surface area contributed by atoms with Crippen LogP contribution in [-0.4, -0.2) is 47.2 Å². The summed E-state index contributed by atoms with van der Waals surface area (Å²) in [6.07, 6.45) is 3.67. The number of carbonyl (C=O) groups is 3. The van der Waals surface area contributed by atoms with Crippen molar-refractivity contribution in [3.05, 3.63) is 84.2 Å². The number of urea groups is 1. The van der Waals surface area contributed by atoms with E-state index in [0.29, 0.717) is 41.8 Å². The third-order valence-corrected chi connectivity index (χ3v) is 8.00. The summed E-state index contributed by atoms with van der Waals surface area (Å²) in [6, 6.07) is 12.8. The number of carbonyl (C=O) groups excluding carboxylic acids is 3. The van der Waals surface area contributed by atoms with E-state index in [-0.39, 0.29) is 18.1 Å². The van der Waals surface area contributed by atoms with Gasteiger partial charge in [0.1, 0.15) is 5.54 Å². The smallest absolute Gasteiger partial charge is 0.320 e. The molecule has 5 rings (SSSR count). The van der Waals surface area contributed by atoms with Gasteiger partial charge in [0, 0.05) is 11.8 Å². The summed E-state index contributed by atoms with van der Waals surface area (Å²) in [5.74, 6) is -0.946. The van der Waals surface area contributed by atoms with E-state index >= 15 is 0 Å². The van der Waals surface area contributed by atoms with E-state index in [1.54, 1.807) is 36.4 Å². The number of alkyl halides is 3. The third-order valence-electron chi connectivity index (χ3n) is 6.50. The van der Waals surface area contributed by atoms with Crippen LogP contribution in [-0.2, 0) is 21.2 Å². The second-order valence-corrected chi connectivity index (χ2v) is 10.8. The molecule has 1 aliphatic heterocycles. The van der Waals surface area contributed by atoms with Crippen molar-refractivity contribution < 1.29 is 36.0 Å². The van der Waals surface area contributed by atoms with Gasteiger partial charge in [-0.25, -0.2) is 18.1 Å². The lowest BCUT2D eigenvalue weighted by Crippen LogP contribution is -2.36. The van der Waals surface area contributed by atoms with E-state index in [1.807, 2.05) is 0 Å². The Hall–Kier alpha value is -4.26. The largest absolute Gasteiger partial charge is 0.501 e. The van der Waals surface area contributed by atoms with E-state index in [1.165, 1.54) is 17.3 Å². The van der Waals surface area contributed by atoms with Crippen LogP contribution in [0.4, 0.5) is 29.3 Å². The number of nitrogens with zero attached hydrogens (tertiary/aromatic N) is 3. The van der Waals surface area contributed by atoms with Gasteiger partial charge in [-0.05, 0) is 60.9 Å². The standard InChI is InChI=1S/C25H19F3N4O5S/c26-25(27,28)38(36,37)19-8-6-18(7-9-19)32-22(34)24(11-12-24)31(23(32)35)15-17-10-13-29-14-20(17)30-21(33)16-4-2-1-3-5-16/h1-10,13-14H,11-12,15H2,(H,30,33). The number of hydrogen-bond acceptors (Lipinski definition) is 6. The lowest BCUT2D eigenvalue weighted by atomic mass is 10.1. The maximum Gasteiger partial charge on any atom is 0.501 e. The molecular weight excluding hydrogens is 525 g/mol. The first kappa shape index (κ1) is 25.4. The molecule has 4 amide bonds. The number of benzene rings is 2. The second kappa shape index (κ2) is 8.94. The molecule has 2 aromatic carbocycles. The molecule has 0 unspecified atom stereocenters. The van der Waals surface area contributed by atoms with Crippen molar-refractivity contribution >= 4 is 39.1 Å². The molecular formula is C25H19F3N4O5S. The first-order valence-corrected chi connectivity index (χ1v) is 12.8. The van der Waals surface area contributed by atoms with Crippen LogP contribution < -0.4 is 10.2 Å². The van der Waals surface area contributed by atoms with Crippen LogP contribution in [0.1, 0.15) is 28.8 Å². The van der Waals surface area contributed by atoms with E-state index in [0.717, 1.165) is 17.0 Å². The highest BCUT2D eigenvalue weighted by Gasteiger charge is 2.65. The first-order chi connectivity index (χ1) is 18.0. The topological polar surface area (TPSA) is 117 Å². The summed E-state index contributed by atoms with van der Waals surface area (Å²) in [5, 5.41) is 2.76. The predicted octanol–water partition coefficient (Wildman–Crippen LogP) is 4.13. The lowest BCUT2D eigenvalue weighted by molar-refractivity contribution is -0.120. The molecule has 0 atom stereocenters. The van der Waals surface area contributed by atoms with Crippen molar-refractivity contribution in [3.8, 4) is 0 Å². The molecule has 2 fully saturated rings. The summed E-state index contributed by atoms with van der Waals surface area (Å²) < 4.78 is 62.0. The number of anilines is 2. The number of imide groups is 1. The number of hydrogen-bond donors (Lipinski definition) is 1. The molecule has 0 radical (unpaired) electrons. The van der Waals surface area contributed by atoms with Gasteiger partial charge < -0.3 is 10.2 Å². The molecule has 1 N–H and O–H groups in total. The molecule has 38 heavy (non-hydrogen) atoms. The van der Waals surface area contributed by atoms with Gasteiger partial charge in [0.15, 0.2) is 0 Å². The number of rotatable bonds is 6. The molecule has 1 aromatic heterocycles. The fraction of sp³-hybridized carbons (Fsp3) is 0.200.